The Labute approximate surface area is 197 Å². The number of amides is 1. The highest BCUT2D eigenvalue weighted by Gasteiger charge is 2.35. The van der Waals surface area contributed by atoms with Crippen LogP contribution in [0.3, 0.4) is 0 Å². The number of ketones is 1. The summed E-state index contributed by atoms with van der Waals surface area (Å²) in [4.78, 5) is 32.8. The van der Waals surface area contributed by atoms with Gasteiger partial charge in [0.2, 0.25) is 5.91 Å². The zero-order valence-electron chi connectivity index (χ0n) is 18.6. The lowest BCUT2D eigenvalue weighted by molar-refractivity contribution is -0.117. The van der Waals surface area contributed by atoms with Crippen LogP contribution in [-0.2, 0) is 11.3 Å². The minimum atomic E-state index is -0.0938. The average molecular weight is 458 g/mol. The van der Waals surface area contributed by atoms with Crippen LogP contribution in [0.2, 0.25) is 5.02 Å². The number of carbonyl (C=O) groups excluding carboxylic acids is 2. The van der Waals surface area contributed by atoms with Gasteiger partial charge >= 0.3 is 0 Å². The number of carbonyl (C=O) groups is 2. The van der Waals surface area contributed by atoms with E-state index in [0.717, 1.165) is 33.7 Å². The van der Waals surface area contributed by atoms with E-state index in [1.54, 1.807) is 24.3 Å². The average Bonchev–Trinajstić information content (AvgIpc) is 3.34. The van der Waals surface area contributed by atoms with Crippen LogP contribution in [0.1, 0.15) is 39.6 Å². The van der Waals surface area contributed by atoms with Crippen LogP contribution in [0.15, 0.2) is 66.7 Å². The SMILES string of the molecule is Cc1cc(C)cc(N2CC(c3nc4ccccc4n3CC(=O)c3ccc(Cl)cc3)CC2=O)c1. The molecule has 5 rings (SSSR count). The van der Waals surface area contributed by atoms with E-state index in [9.17, 15) is 9.59 Å². The third-order valence-electron chi connectivity index (χ3n) is 6.16. The van der Waals surface area contributed by atoms with Crippen molar-refractivity contribution in [1.29, 1.82) is 0 Å². The van der Waals surface area contributed by atoms with E-state index in [1.165, 1.54) is 0 Å². The zero-order chi connectivity index (χ0) is 23.1. The van der Waals surface area contributed by atoms with Gasteiger partial charge in [-0.25, -0.2) is 4.98 Å². The Morgan fingerprint density at radius 3 is 2.45 bits per heavy atom. The molecule has 0 aliphatic carbocycles. The number of hydrogen-bond donors (Lipinski definition) is 0. The van der Waals surface area contributed by atoms with E-state index >= 15 is 0 Å². The Morgan fingerprint density at radius 1 is 1.03 bits per heavy atom. The third kappa shape index (κ3) is 4.16. The molecule has 6 heteroatoms. The maximum atomic E-state index is 13.1. The number of aryl methyl sites for hydroxylation is 2. The molecule has 1 aliphatic heterocycles. The summed E-state index contributed by atoms with van der Waals surface area (Å²) in [6.07, 6.45) is 0.367. The van der Waals surface area contributed by atoms with Crippen molar-refractivity contribution in [1.82, 2.24) is 9.55 Å². The van der Waals surface area contributed by atoms with E-state index in [4.69, 9.17) is 16.6 Å². The van der Waals surface area contributed by atoms with Crippen LogP contribution in [0.4, 0.5) is 5.69 Å². The number of aromatic nitrogens is 2. The molecule has 1 atom stereocenters. The fourth-order valence-electron chi connectivity index (χ4n) is 4.68. The van der Waals surface area contributed by atoms with Crippen molar-refractivity contribution in [3.63, 3.8) is 0 Å². The van der Waals surface area contributed by atoms with Gasteiger partial charge in [-0.15, -0.1) is 0 Å². The molecule has 3 aromatic carbocycles. The number of imidazole rings is 1. The quantitative estimate of drug-likeness (QED) is 0.361. The molecule has 5 nitrogen and oxygen atoms in total. The normalized spacial score (nSPS) is 16.0. The lowest BCUT2D eigenvalue weighted by atomic mass is 10.1. The Morgan fingerprint density at radius 2 is 1.73 bits per heavy atom. The summed E-state index contributed by atoms with van der Waals surface area (Å²) in [6.45, 7) is 4.78. The number of benzene rings is 3. The number of halogens is 1. The second-order valence-corrected chi connectivity index (χ2v) is 9.16. The second-order valence-electron chi connectivity index (χ2n) is 8.73. The van der Waals surface area contributed by atoms with E-state index < -0.39 is 0 Å². The number of rotatable bonds is 5. The number of nitrogens with zero attached hydrogens (tertiary/aromatic N) is 3. The van der Waals surface area contributed by atoms with Crippen LogP contribution < -0.4 is 4.90 Å². The van der Waals surface area contributed by atoms with Crippen molar-refractivity contribution in [2.45, 2.75) is 32.7 Å². The van der Waals surface area contributed by atoms with E-state index in [-0.39, 0.29) is 24.2 Å². The standard InChI is InChI=1S/C27H24ClN3O2/c1-17-11-18(2)13-22(12-17)30-15-20(14-26(30)33)27-29-23-5-3-4-6-24(23)31(27)16-25(32)19-7-9-21(28)10-8-19/h3-13,20H,14-16H2,1-2H3. The van der Waals surface area contributed by atoms with Crippen LogP contribution in [0.25, 0.3) is 11.0 Å². The first-order valence-electron chi connectivity index (χ1n) is 11.0. The summed E-state index contributed by atoms with van der Waals surface area (Å²) < 4.78 is 1.97. The molecule has 1 amide bonds. The zero-order valence-corrected chi connectivity index (χ0v) is 19.3. The summed E-state index contributed by atoms with van der Waals surface area (Å²) in [5, 5.41) is 0.594. The second kappa shape index (κ2) is 8.49. The first-order valence-corrected chi connectivity index (χ1v) is 11.4. The van der Waals surface area contributed by atoms with Crippen molar-refractivity contribution in [3.05, 3.63) is 94.3 Å². The maximum Gasteiger partial charge on any atom is 0.227 e. The van der Waals surface area contributed by atoms with E-state index in [1.807, 2.05) is 59.7 Å². The van der Waals surface area contributed by atoms with Crippen LogP contribution in [0.5, 0.6) is 0 Å². The van der Waals surface area contributed by atoms with Gasteiger partial charge in [-0.1, -0.05) is 29.8 Å². The number of fused-ring (bicyclic) bond motifs is 1. The smallest absolute Gasteiger partial charge is 0.227 e. The van der Waals surface area contributed by atoms with Gasteiger partial charge in [-0.3, -0.25) is 9.59 Å². The molecule has 1 aromatic heterocycles. The van der Waals surface area contributed by atoms with E-state index in [2.05, 4.69) is 6.07 Å². The summed E-state index contributed by atoms with van der Waals surface area (Å²) in [7, 11) is 0. The van der Waals surface area contributed by atoms with Crippen molar-refractivity contribution in [2.24, 2.45) is 0 Å². The summed E-state index contributed by atoms with van der Waals surface area (Å²) in [5.74, 6) is 0.738. The summed E-state index contributed by atoms with van der Waals surface area (Å²) in [5.41, 5.74) is 5.49. The number of anilines is 1. The first kappa shape index (κ1) is 21.4. The van der Waals surface area contributed by atoms with Gasteiger partial charge < -0.3 is 9.47 Å². The predicted molar refractivity (Wildman–Crippen MR) is 131 cm³/mol. The Balaban J connectivity index is 1.50. The summed E-state index contributed by atoms with van der Waals surface area (Å²) in [6, 6.07) is 20.9. The Hall–Kier alpha value is -3.44. The summed E-state index contributed by atoms with van der Waals surface area (Å²) >= 11 is 5.98. The van der Waals surface area contributed by atoms with E-state index in [0.29, 0.717) is 23.6 Å². The van der Waals surface area contributed by atoms with Crippen LogP contribution in [0, 0.1) is 13.8 Å². The molecule has 0 saturated carbocycles. The fraction of sp³-hybridized carbons (Fsp3) is 0.222. The minimum absolute atomic E-state index is 0.0217. The van der Waals surface area contributed by atoms with Gasteiger partial charge in [0, 0.05) is 35.2 Å². The lowest BCUT2D eigenvalue weighted by Gasteiger charge is -2.18. The van der Waals surface area contributed by atoms with Gasteiger partial charge in [0.05, 0.1) is 17.6 Å². The van der Waals surface area contributed by atoms with Crippen molar-refractivity contribution >= 4 is 40.0 Å². The molecule has 0 N–H and O–H groups in total. The van der Waals surface area contributed by atoms with Crippen molar-refractivity contribution < 1.29 is 9.59 Å². The van der Waals surface area contributed by atoms with Gasteiger partial charge in [0.1, 0.15) is 5.82 Å². The minimum Gasteiger partial charge on any atom is -0.320 e. The third-order valence-corrected chi connectivity index (χ3v) is 6.41. The van der Waals surface area contributed by atoms with Gasteiger partial charge in [0.15, 0.2) is 5.78 Å². The number of para-hydroxylation sites is 2. The van der Waals surface area contributed by atoms with Crippen LogP contribution in [-0.4, -0.2) is 27.8 Å². The fourth-order valence-corrected chi connectivity index (χ4v) is 4.81. The number of Topliss-reactive ketones (excluding diaryl/α,β-unsaturated/α-hetero) is 1. The molecule has 0 radical (unpaired) electrons. The molecule has 0 bridgehead atoms. The van der Waals surface area contributed by atoms with Gasteiger partial charge in [-0.05, 0) is 73.5 Å². The highest BCUT2D eigenvalue weighted by molar-refractivity contribution is 6.30. The molecule has 2 heterocycles. The molecular weight excluding hydrogens is 434 g/mol. The molecule has 33 heavy (non-hydrogen) atoms. The van der Waals surface area contributed by atoms with Gasteiger partial charge in [0.25, 0.3) is 0 Å². The molecule has 1 aliphatic rings. The molecule has 1 fully saturated rings. The van der Waals surface area contributed by atoms with Gasteiger partial charge in [-0.2, -0.15) is 0 Å². The molecule has 4 aromatic rings. The highest BCUT2D eigenvalue weighted by atomic mass is 35.5. The topological polar surface area (TPSA) is 55.2 Å². The largest absolute Gasteiger partial charge is 0.320 e. The molecule has 166 valence electrons. The maximum absolute atomic E-state index is 13.1. The molecule has 1 unspecified atom stereocenters. The predicted octanol–water partition coefficient (Wildman–Crippen LogP) is 5.71. The molecule has 0 spiro atoms. The Bertz CT molecular complexity index is 1350. The van der Waals surface area contributed by atoms with Crippen molar-refractivity contribution in [3.8, 4) is 0 Å². The number of hydrogen-bond acceptors (Lipinski definition) is 3. The van der Waals surface area contributed by atoms with Crippen LogP contribution >= 0.6 is 11.6 Å². The molecular formula is C27H24ClN3O2. The monoisotopic (exact) mass is 457 g/mol. The van der Waals surface area contributed by atoms with Crippen molar-refractivity contribution in [2.75, 3.05) is 11.4 Å². The Kier molecular flexibility index (Phi) is 5.51. The first-order chi connectivity index (χ1) is 15.9. The highest BCUT2D eigenvalue weighted by Crippen LogP contribution is 2.34. The lowest BCUT2D eigenvalue weighted by Crippen LogP contribution is -2.25. The molecule has 1 saturated heterocycles.